The van der Waals surface area contributed by atoms with Crippen molar-refractivity contribution in [3.63, 3.8) is 0 Å². The van der Waals surface area contributed by atoms with E-state index in [4.69, 9.17) is 4.74 Å². The highest BCUT2D eigenvalue weighted by Crippen LogP contribution is 2.28. The Balaban J connectivity index is 1.51. The van der Waals surface area contributed by atoms with Gasteiger partial charge >= 0.3 is 0 Å². The third-order valence-electron chi connectivity index (χ3n) is 4.96. The molecule has 4 rings (SSSR count). The molecule has 0 radical (unpaired) electrons. The molecule has 1 aromatic carbocycles. The van der Waals surface area contributed by atoms with Crippen LogP contribution in [0.2, 0.25) is 0 Å². The van der Waals surface area contributed by atoms with Crippen molar-refractivity contribution in [2.45, 2.75) is 32.4 Å². The van der Waals surface area contributed by atoms with Crippen LogP contribution in [0.3, 0.4) is 0 Å². The first-order chi connectivity index (χ1) is 11.6. The summed E-state index contributed by atoms with van der Waals surface area (Å²) >= 11 is 0. The number of aryl methyl sites for hydroxylation is 2. The molecule has 128 valence electrons. The molecule has 2 atom stereocenters. The maximum atomic E-state index is 12.5. The molecule has 24 heavy (non-hydrogen) atoms. The van der Waals surface area contributed by atoms with Crippen molar-refractivity contribution in [3.05, 3.63) is 41.1 Å². The first kappa shape index (κ1) is 15.6. The van der Waals surface area contributed by atoms with Crippen molar-refractivity contribution in [3.8, 4) is 0 Å². The average molecular weight is 329 g/mol. The number of methoxy groups -OCH3 is 1. The van der Waals surface area contributed by atoms with Crippen LogP contribution in [0.5, 0.6) is 0 Å². The second kappa shape index (κ2) is 5.86. The third-order valence-corrected chi connectivity index (χ3v) is 4.96. The molecule has 3 aliphatic rings. The highest BCUT2D eigenvalue weighted by atomic mass is 16.5. The van der Waals surface area contributed by atoms with Crippen LogP contribution in [0.1, 0.15) is 11.1 Å². The number of benzene rings is 1. The van der Waals surface area contributed by atoms with Crippen molar-refractivity contribution in [2.24, 2.45) is 0 Å². The Kier molecular flexibility index (Phi) is 3.80. The van der Waals surface area contributed by atoms with E-state index in [1.807, 2.05) is 17.3 Å². The number of para-hydroxylation sites is 1. The van der Waals surface area contributed by atoms with Gasteiger partial charge in [-0.3, -0.25) is 20.0 Å². The second-order valence-electron chi connectivity index (χ2n) is 6.61. The number of nitrogens with zero attached hydrogens (tertiary/aromatic N) is 2. The van der Waals surface area contributed by atoms with E-state index in [-0.39, 0.29) is 24.5 Å². The van der Waals surface area contributed by atoms with Crippen LogP contribution in [-0.2, 0) is 9.53 Å². The van der Waals surface area contributed by atoms with Crippen LogP contribution in [-0.4, -0.2) is 49.6 Å². The van der Waals surface area contributed by atoms with Gasteiger partial charge in [-0.1, -0.05) is 18.2 Å². The summed E-state index contributed by atoms with van der Waals surface area (Å²) < 4.78 is 5.30. The van der Waals surface area contributed by atoms with Gasteiger partial charge in [-0.05, 0) is 25.0 Å². The molecular formula is C17H23N5O2. The number of hydrogen-bond acceptors (Lipinski definition) is 6. The molecule has 3 heterocycles. The number of likely N-dealkylation sites (tertiary alicyclic amines) is 1. The lowest BCUT2D eigenvalue weighted by molar-refractivity contribution is -0.126. The molecule has 0 aliphatic carbocycles. The van der Waals surface area contributed by atoms with Gasteiger partial charge in [-0.15, -0.1) is 0 Å². The van der Waals surface area contributed by atoms with Gasteiger partial charge in [0, 0.05) is 26.4 Å². The average Bonchev–Trinajstić information content (AvgIpc) is 2.90. The molecule has 1 aromatic rings. The summed E-state index contributed by atoms with van der Waals surface area (Å²) in [5, 5.41) is 8.42. The van der Waals surface area contributed by atoms with Crippen molar-refractivity contribution in [1.29, 1.82) is 0 Å². The number of hydrogen-bond donors (Lipinski definition) is 3. The zero-order valence-corrected chi connectivity index (χ0v) is 14.2. The molecule has 0 aromatic heterocycles. The van der Waals surface area contributed by atoms with Gasteiger partial charge in [0.2, 0.25) is 0 Å². The Hall–Kier alpha value is -1.93. The number of carbonyl (C=O) groups excluding carboxylic acids is 1. The second-order valence-corrected chi connectivity index (χ2v) is 6.61. The van der Waals surface area contributed by atoms with E-state index in [0.29, 0.717) is 5.57 Å². The number of ether oxygens (including phenoxy) is 1. The Labute approximate surface area is 141 Å². The van der Waals surface area contributed by atoms with Gasteiger partial charge in [-0.25, -0.2) is 5.43 Å². The van der Waals surface area contributed by atoms with Crippen LogP contribution in [0, 0.1) is 13.8 Å². The summed E-state index contributed by atoms with van der Waals surface area (Å²) in [5.74, 6) is -0.0362. The summed E-state index contributed by atoms with van der Waals surface area (Å²) in [7, 11) is 1.72. The molecule has 3 aliphatic heterocycles. The van der Waals surface area contributed by atoms with Crippen LogP contribution >= 0.6 is 0 Å². The predicted octanol–water partition coefficient (Wildman–Crippen LogP) is 0.172. The molecule has 0 saturated carbocycles. The van der Waals surface area contributed by atoms with E-state index in [2.05, 4.69) is 46.9 Å². The van der Waals surface area contributed by atoms with E-state index in [9.17, 15) is 4.79 Å². The van der Waals surface area contributed by atoms with Crippen LogP contribution < -0.4 is 21.1 Å². The van der Waals surface area contributed by atoms with Gasteiger partial charge < -0.3 is 10.1 Å². The first-order valence-corrected chi connectivity index (χ1v) is 8.24. The predicted molar refractivity (Wildman–Crippen MR) is 90.8 cm³/mol. The summed E-state index contributed by atoms with van der Waals surface area (Å²) in [6.45, 7) is 5.79. The van der Waals surface area contributed by atoms with E-state index in [1.54, 1.807) is 7.11 Å². The Morgan fingerprint density at radius 3 is 2.58 bits per heavy atom. The molecule has 7 heteroatoms. The van der Waals surface area contributed by atoms with Crippen LogP contribution in [0.15, 0.2) is 30.0 Å². The van der Waals surface area contributed by atoms with E-state index >= 15 is 0 Å². The topological polar surface area (TPSA) is 68.9 Å². The number of carbonyl (C=O) groups is 1. The minimum absolute atomic E-state index is 0.0362. The number of amides is 1. The molecule has 1 amide bonds. The third kappa shape index (κ3) is 2.50. The fourth-order valence-corrected chi connectivity index (χ4v) is 3.52. The molecular weight excluding hydrogens is 306 g/mol. The van der Waals surface area contributed by atoms with Gasteiger partial charge in [0.1, 0.15) is 12.5 Å². The Morgan fingerprint density at radius 1 is 1.21 bits per heavy atom. The number of fused-ring (bicyclic) bond motifs is 1. The van der Waals surface area contributed by atoms with Gasteiger partial charge in [0.25, 0.3) is 5.91 Å². The smallest absolute Gasteiger partial charge is 0.254 e. The fraction of sp³-hybridized carbons (Fsp3) is 0.471. The summed E-state index contributed by atoms with van der Waals surface area (Å²) in [4.78, 5) is 14.6. The molecule has 2 fully saturated rings. The minimum atomic E-state index is -0.190. The standard InChI is InChI=1S/C17H23N5O2/c1-10-5-4-6-11(2)14(10)22-9-13-15(20-22)18-17(19-16(13)23)21-7-12(8-21)24-3/h4-6,9,12,15,17-18,20H,7-8H2,1-3H3,(H,19,23). The van der Waals surface area contributed by atoms with Crippen LogP contribution in [0.25, 0.3) is 0 Å². The largest absolute Gasteiger partial charge is 0.379 e. The summed E-state index contributed by atoms with van der Waals surface area (Å²) in [5.41, 5.74) is 7.52. The van der Waals surface area contributed by atoms with Gasteiger partial charge in [-0.2, -0.15) is 0 Å². The van der Waals surface area contributed by atoms with Gasteiger partial charge in [0.05, 0.1) is 17.4 Å². The minimum Gasteiger partial charge on any atom is -0.379 e. The van der Waals surface area contributed by atoms with E-state index < -0.39 is 0 Å². The molecule has 3 N–H and O–H groups in total. The highest BCUT2D eigenvalue weighted by Gasteiger charge is 2.41. The number of nitrogens with one attached hydrogen (secondary N) is 3. The number of hydrazine groups is 1. The maximum absolute atomic E-state index is 12.5. The summed E-state index contributed by atoms with van der Waals surface area (Å²) in [6, 6.07) is 6.19. The van der Waals surface area contributed by atoms with Gasteiger partial charge in [0.15, 0.2) is 0 Å². The van der Waals surface area contributed by atoms with Crippen molar-refractivity contribution >= 4 is 11.6 Å². The zero-order chi connectivity index (χ0) is 16.8. The fourth-order valence-electron chi connectivity index (χ4n) is 3.52. The Morgan fingerprint density at radius 2 is 1.92 bits per heavy atom. The normalized spacial score (nSPS) is 27.5. The monoisotopic (exact) mass is 329 g/mol. The summed E-state index contributed by atoms with van der Waals surface area (Å²) in [6.07, 6.45) is 1.77. The number of anilines is 1. The SMILES string of the molecule is COC1CN(C2NC(=O)C3=CN(c4c(C)cccc4C)NC3N2)C1. The molecule has 7 nitrogen and oxygen atoms in total. The van der Waals surface area contributed by atoms with Crippen LogP contribution in [0.4, 0.5) is 5.69 Å². The Bertz CT molecular complexity index is 678. The maximum Gasteiger partial charge on any atom is 0.254 e. The highest BCUT2D eigenvalue weighted by molar-refractivity contribution is 5.96. The lowest BCUT2D eigenvalue weighted by Gasteiger charge is -2.46. The van der Waals surface area contributed by atoms with E-state index in [1.165, 1.54) is 11.1 Å². The zero-order valence-electron chi connectivity index (χ0n) is 14.2. The van der Waals surface area contributed by atoms with Crippen molar-refractivity contribution < 1.29 is 9.53 Å². The quantitative estimate of drug-likeness (QED) is 0.735. The van der Waals surface area contributed by atoms with Crippen molar-refractivity contribution in [1.82, 2.24) is 21.0 Å². The molecule has 2 saturated heterocycles. The molecule has 2 unspecified atom stereocenters. The van der Waals surface area contributed by atoms with Crippen molar-refractivity contribution in [2.75, 3.05) is 25.2 Å². The van der Waals surface area contributed by atoms with E-state index in [0.717, 1.165) is 18.8 Å². The lowest BCUT2D eigenvalue weighted by atomic mass is 10.1. The first-order valence-electron chi connectivity index (χ1n) is 8.24. The number of rotatable bonds is 3. The lowest BCUT2D eigenvalue weighted by Crippen LogP contribution is -2.72. The molecule has 0 spiro atoms. The molecule has 0 bridgehead atoms.